The highest BCUT2D eigenvalue weighted by atomic mass is 19.4. The van der Waals surface area contributed by atoms with Crippen molar-refractivity contribution in [1.29, 1.82) is 0 Å². The van der Waals surface area contributed by atoms with Crippen molar-refractivity contribution in [2.45, 2.75) is 39.0 Å². The molecule has 0 saturated heterocycles. The number of imidazole rings is 1. The van der Waals surface area contributed by atoms with Gasteiger partial charge in [0.2, 0.25) is 5.82 Å². The molecule has 2 aromatic rings. The molecule has 1 heterocycles. The van der Waals surface area contributed by atoms with Crippen molar-refractivity contribution in [2.24, 2.45) is 4.99 Å². The minimum atomic E-state index is -4.59. The van der Waals surface area contributed by atoms with Crippen LogP contribution in [0.3, 0.4) is 0 Å². The summed E-state index contributed by atoms with van der Waals surface area (Å²) in [4.78, 5) is 8.07. The van der Waals surface area contributed by atoms with E-state index < -0.39 is 17.7 Å². The minimum Gasteiger partial charge on any atom is -0.497 e. The highest BCUT2D eigenvalue weighted by molar-refractivity contribution is 5.80. The summed E-state index contributed by atoms with van der Waals surface area (Å²) < 4.78 is 46.6. The number of halogens is 3. The van der Waals surface area contributed by atoms with Gasteiger partial charge < -0.3 is 4.74 Å². The molecule has 0 aliphatic carbocycles. The van der Waals surface area contributed by atoms with Crippen LogP contribution < -0.4 is 0 Å². The van der Waals surface area contributed by atoms with E-state index in [0.29, 0.717) is 23.3 Å². The average molecular weight is 339 g/mol. The van der Waals surface area contributed by atoms with Crippen LogP contribution in [-0.2, 0) is 16.6 Å². The molecule has 0 saturated carbocycles. The van der Waals surface area contributed by atoms with E-state index in [1.54, 1.807) is 32.2 Å². The zero-order valence-corrected chi connectivity index (χ0v) is 14.1. The predicted octanol–water partition coefficient (Wildman–Crippen LogP) is 4.85. The Hall–Kier alpha value is -2.31. The van der Waals surface area contributed by atoms with E-state index in [0.717, 1.165) is 4.57 Å². The number of methoxy groups -OCH3 is 1. The monoisotopic (exact) mass is 339 g/mol. The number of aromatic nitrogens is 2. The van der Waals surface area contributed by atoms with Gasteiger partial charge in [0.05, 0.1) is 18.1 Å². The van der Waals surface area contributed by atoms with E-state index in [9.17, 15) is 13.2 Å². The van der Waals surface area contributed by atoms with Crippen LogP contribution in [-0.4, -0.2) is 22.9 Å². The standard InChI is InChI=1S/C17H20F3N3O/c1-6-9-21-16(3,4)23-14-8-7-12(11(2)24-5)10-13(14)22-15(23)17(18,19)20/h7-10H,2,6H2,1,3-5H3/b21-9-. The van der Waals surface area contributed by atoms with Crippen LogP contribution in [0.25, 0.3) is 16.8 Å². The van der Waals surface area contributed by atoms with Gasteiger partial charge in [-0.05, 0) is 38.5 Å². The summed E-state index contributed by atoms with van der Waals surface area (Å²) in [5.41, 5.74) is 0.0411. The number of fused-ring (bicyclic) bond motifs is 1. The maximum atomic E-state index is 13.5. The van der Waals surface area contributed by atoms with Crippen LogP contribution in [0.15, 0.2) is 29.8 Å². The number of alkyl halides is 3. The Kier molecular flexibility index (Phi) is 4.73. The van der Waals surface area contributed by atoms with E-state index in [4.69, 9.17) is 4.74 Å². The molecule has 2 rings (SSSR count). The first-order chi connectivity index (χ1) is 11.1. The van der Waals surface area contributed by atoms with Gasteiger partial charge in [-0.25, -0.2) is 4.98 Å². The van der Waals surface area contributed by atoms with Crippen LogP contribution in [0.2, 0.25) is 0 Å². The molecule has 4 nitrogen and oxygen atoms in total. The van der Waals surface area contributed by atoms with Crippen molar-refractivity contribution < 1.29 is 17.9 Å². The number of rotatable bonds is 5. The van der Waals surface area contributed by atoms with E-state index >= 15 is 0 Å². The van der Waals surface area contributed by atoms with Gasteiger partial charge >= 0.3 is 6.18 Å². The lowest BCUT2D eigenvalue weighted by molar-refractivity contribution is -0.148. The SMILES string of the molecule is C=C(OC)c1ccc2c(c1)nc(C(F)(F)F)n2C(C)(C)/N=C\CC. The topological polar surface area (TPSA) is 39.4 Å². The number of hydrogen-bond acceptors (Lipinski definition) is 3. The quantitative estimate of drug-likeness (QED) is 0.577. The van der Waals surface area contributed by atoms with Crippen LogP contribution in [0, 0.1) is 0 Å². The number of aliphatic imine (C=N–C) groups is 1. The number of ether oxygens (including phenoxy) is 1. The number of benzene rings is 1. The van der Waals surface area contributed by atoms with Crippen molar-refractivity contribution in [1.82, 2.24) is 9.55 Å². The molecule has 1 aromatic heterocycles. The first kappa shape index (κ1) is 18.0. The fourth-order valence-electron chi connectivity index (χ4n) is 2.49. The molecule has 0 aliphatic rings. The minimum absolute atomic E-state index is 0.220. The smallest absolute Gasteiger partial charge is 0.449 e. The fourth-order valence-corrected chi connectivity index (χ4v) is 2.49. The Morgan fingerprint density at radius 3 is 2.58 bits per heavy atom. The molecule has 7 heteroatoms. The third-order valence-electron chi connectivity index (χ3n) is 3.61. The number of nitrogens with zero attached hydrogens (tertiary/aromatic N) is 3. The second-order valence-electron chi connectivity index (χ2n) is 5.81. The van der Waals surface area contributed by atoms with Gasteiger partial charge in [-0.2, -0.15) is 13.2 Å². The van der Waals surface area contributed by atoms with E-state index in [2.05, 4.69) is 16.6 Å². The second-order valence-corrected chi connectivity index (χ2v) is 5.81. The molecule has 130 valence electrons. The van der Waals surface area contributed by atoms with Crippen LogP contribution in [0.1, 0.15) is 38.6 Å². The van der Waals surface area contributed by atoms with Crippen molar-refractivity contribution in [3.63, 3.8) is 0 Å². The molecular weight excluding hydrogens is 319 g/mol. The average Bonchev–Trinajstić information content (AvgIpc) is 2.91. The maximum Gasteiger partial charge on any atom is 0.449 e. The molecule has 0 amide bonds. The molecule has 1 aromatic carbocycles. The van der Waals surface area contributed by atoms with Crippen molar-refractivity contribution in [3.05, 3.63) is 36.2 Å². The van der Waals surface area contributed by atoms with Gasteiger partial charge in [0.1, 0.15) is 11.4 Å². The summed E-state index contributed by atoms with van der Waals surface area (Å²) in [6.07, 6.45) is -2.35. The van der Waals surface area contributed by atoms with Gasteiger partial charge in [-0.15, -0.1) is 0 Å². The van der Waals surface area contributed by atoms with Crippen molar-refractivity contribution in [2.75, 3.05) is 7.11 Å². The zero-order chi connectivity index (χ0) is 18.1. The maximum absolute atomic E-state index is 13.5. The molecule has 0 spiro atoms. The van der Waals surface area contributed by atoms with E-state index in [1.807, 2.05) is 6.92 Å². The first-order valence-corrected chi connectivity index (χ1v) is 7.49. The first-order valence-electron chi connectivity index (χ1n) is 7.49. The lowest BCUT2D eigenvalue weighted by atomic mass is 10.1. The summed E-state index contributed by atoms with van der Waals surface area (Å²) in [5, 5.41) is 0. The van der Waals surface area contributed by atoms with Gasteiger partial charge in [0.25, 0.3) is 0 Å². The molecular formula is C17H20F3N3O. The van der Waals surface area contributed by atoms with Gasteiger partial charge in [-0.1, -0.05) is 13.5 Å². The van der Waals surface area contributed by atoms with Crippen LogP contribution in [0.5, 0.6) is 0 Å². The fraction of sp³-hybridized carbons (Fsp3) is 0.412. The van der Waals surface area contributed by atoms with Gasteiger partial charge in [0, 0.05) is 11.8 Å². The van der Waals surface area contributed by atoms with E-state index in [1.165, 1.54) is 13.2 Å². The summed E-state index contributed by atoms with van der Waals surface area (Å²) in [7, 11) is 1.45. The summed E-state index contributed by atoms with van der Waals surface area (Å²) in [6, 6.07) is 4.78. The normalized spacial score (nSPS) is 13.0. The van der Waals surface area contributed by atoms with Crippen LogP contribution in [0.4, 0.5) is 13.2 Å². The third kappa shape index (κ3) is 3.29. The molecule has 0 aliphatic heterocycles. The Bertz CT molecular complexity index is 788. The lowest BCUT2D eigenvalue weighted by Gasteiger charge is -2.25. The van der Waals surface area contributed by atoms with Crippen molar-refractivity contribution >= 4 is 23.0 Å². The molecule has 0 N–H and O–H groups in total. The van der Waals surface area contributed by atoms with Crippen LogP contribution >= 0.6 is 0 Å². The molecule has 0 radical (unpaired) electrons. The highest BCUT2D eigenvalue weighted by Gasteiger charge is 2.41. The lowest BCUT2D eigenvalue weighted by Crippen LogP contribution is -2.29. The second kappa shape index (κ2) is 6.30. The summed E-state index contributed by atoms with van der Waals surface area (Å²) >= 11 is 0. The van der Waals surface area contributed by atoms with Gasteiger partial charge in [-0.3, -0.25) is 9.56 Å². The zero-order valence-electron chi connectivity index (χ0n) is 14.1. The molecule has 24 heavy (non-hydrogen) atoms. The molecule has 0 fully saturated rings. The van der Waals surface area contributed by atoms with Crippen molar-refractivity contribution in [3.8, 4) is 0 Å². The molecule has 0 bridgehead atoms. The largest absolute Gasteiger partial charge is 0.497 e. The highest BCUT2D eigenvalue weighted by Crippen LogP contribution is 2.36. The Morgan fingerprint density at radius 1 is 1.38 bits per heavy atom. The molecule has 0 unspecified atom stereocenters. The number of hydrogen-bond donors (Lipinski definition) is 0. The van der Waals surface area contributed by atoms with Gasteiger partial charge in [0.15, 0.2) is 0 Å². The van der Waals surface area contributed by atoms with E-state index in [-0.39, 0.29) is 5.52 Å². The predicted molar refractivity (Wildman–Crippen MR) is 88.9 cm³/mol. The Morgan fingerprint density at radius 2 is 2.04 bits per heavy atom. The summed E-state index contributed by atoms with van der Waals surface area (Å²) in [5.74, 6) is -0.612. The summed E-state index contributed by atoms with van der Waals surface area (Å²) in [6.45, 7) is 8.83. The Balaban J connectivity index is 2.76. The Labute approximate surface area is 138 Å². The molecule has 0 atom stereocenters. The third-order valence-corrected chi connectivity index (χ3v) is 3.61.